The molecular weight excluding hydrogens is 178 g/mol. The molecule has 0 aromatic carbocycles. The van der Waals surface area contributed by atoms with E-state index >= 15 is 0 Å². The zero-order valence-electron chi connectivity index (χ0n) is 8.62. The van der Waals surface area contributed by atoms with E-state index in [4.69, 9.17) is 9.57 Å². The lowest BCUT2D eigenvalue weighted by Crippen LogP contribution is -2.29. The summed E-state index contributed by atoms with van der Waals surface area (Å²) in [6.07, 6.45) is 8.64. The molecule has 0 saturated carbocycles. The number of hydrogen-bond donors (Lipinski definition) is 0. The van der Waals surface area contributed by atoms with Crippen molar-refractivity contribution >= 4 is 0 Å². The molecule has 0 radical (unpaired) electrons. The van der Waals surface area contributed by atoms with Gasteiger partial charge in [-0.2, -0.15) is 0 Å². The molecule has 0 fully saturated rings. The van der Waals surface area contributed by atoms with Crippen LogP contribution in [0.4, 0.5) is 0 Å². The molecule has 0 saturated heterocycles. The lowest BCUT2D eigenvalue weighted by Gasteiger charge is -2.30. The number of allylic oxidation sites excluding steroid dienone is 4. The first-order valence-electron chi connectivity index (χ1n) is 4.81. The fourth-order valence-corrected chi connectivity index (χ4v) is 1.82. The lowest BCUT2D eigenvalue weighted by atomic mass is 9.95. The molecule has 0 atom stereocenters. The van der Waals surface area contributed by atoms with E-state index in [0.717, 1.165) is 25.3 Å². The van der Waals surface area contributed by atoms with Gasteiger partial charge in [-0.05, 0) is 24.0 Å². The molecule has 0 spiro atoms. The SMILES string of the molecule is COC1=CC2=C(CCC=C2)CN1OC. The summed E-state index contributed by atoms with van der Waals surface area (Å²) in [5.74, 6) is 0.776. The molecule has 14 heavy (non-hydrogen) atoms. The molecule has 0 aromatic rings. The highest BCUT2D eigenvalue weighted by Gasteiger charge is 2.20. The minimum absolute atomic E-state index is 0.776. The number of ether oxygens (including phenoxy) is 1. The average molecular weight is 193 g/mol. The minimum Gasteiger partial charge on any atom is -0.481 e. The van der Waals surface area contributed by atoms with Crippen molar-refractivity contribution in [2.45, 2.75) is 12.8 Å². The fourth-order valence-electron chi connectivity index (χ4n) is 1.82. The number of rotatable bonds is 2. The van der Waals surface area contributed by atoms with Crippen LogP contribution in [0, 0.1) is 0 Å². The van der Waals surface area contributed by atoms with Crippen LogP contribution in [0.2, 0.25) is 0 Å². The van der Waals surface area contributed by atoms with Crippen LogP contribution >= 0.6 is 0 Å². The molecule has 1 aliphatic heterocycles. The zero-order chi connectivity index (χ0) is 9.97. The Hall–Kier alpha value is -1.22. The van der Waals surface area contributed by atoms with E-state index in [-0.39, 0.29) is 0 Å². The number of nitrogens with zero attached hydrogens (tertiary/aromatic N) is 1. The van der Waals surface area contributed by atoms with Crippen LogP contribution in [-0.4, -0.2) is 25.8 Å². The molecule has 1 aliphatic carbocycles. The Morgan fingerprint density at radius 3 is 2.93 bits per heavy atom. The molecule has 0 unspecified atom stereocenters. The molecule has 3 nitrogen and oxygen atoms in total. The van der Waals surface area contributed by atoms with Crippen LogP contribution in [-0.2, 0) is 9.57 Å². The second kappa shape index (κ2) is 3.88. The third kappa shape index (κ3) is 1.55. The third-order valence-electron chi connectivity index (χ3n) is 2.61. The normalized spacial score (nSPS) is 20.7. The minimum atomic E-state index is 0.776. The van der Waals surface area contributed by atoms with E-state index in [1.54, 1.807) is 19.3 Å². The Morgan fingerprint density at radius 2 is 2.21 bits per heavy atom. The summed E-state index contributed by atoms with van der Waals surface area (Å²) in [4.78, 5) is 5.23. The first-order valence-corrected chi connectivity index (χ1v) is 4.81. The smallest absolute Gasteiger partial charge is 0.214 e. The highest BCUT2D eigenvalue weighted by molar-refractivity contribution is 5.42. The van der Waals surface area contributed by atoms with E-state index in [1.807, 2.05) is 6.08 Å². The lowest BCUT2D eigenvalue weighted by molar-refractivity contribution is -0.131. The number of hydrogen-bond acceptors (Lipinski definition) is 3. The van der Waals surface area contributed by atoms with Gasteiger partial charge in [0.15, 0.2) is 0 Å². The molecule has 3 heteroatoms. The third-order valence-corrected chi connectivity index (χ3v) is 2.61. The van der Waals surface area contributed by atoms with Crippen molar-refractivity contribution in [3.8, 4) is 0 Å². The van der Waals surface area contributed by atoms with Crippen molar-refractivity contribution in [1.29, 1.82) is 0 Å². The Bertz CT molecular complexity index is 315. The van der Waals surface area contributed by atoms with Gasteiger partial charge in [0.05, 0.1) is 20.8 Å². The second-order valence-electron chi connectivity index (χ2n) is 3.41. The highest BCUT2D eigenvalue weighted by Crippen LogP contribution is 2.27. The van der Waals surface area contributed by atoms with Crippen molar-refractivity contribution in [2.24, 2.45) is 0 Å². The molecule has 0 amide bonds. The molecule has 0 N–H and O–H groups in total. The fraction of sp³-hybridized carbons (Fsp3) is 0.455. The van der Waals surface area contributed by atoms with Gasteiger partial charge in [0.25, 0.3) is 0 Å². The number of methoxy groups -OCH3 is 1. The van der Waals surface area contributed by atoms with Crippen LogP contribution in [0.15, 0.2) is 35.3 Å². The van der Waals surface area contributed by atoms with Crippen molar-refractivity contribution in [1.82, 2.24) is 5.06 Å². The first kappa shape index (κ1) is 9.34. The summed E-state index contributed by atoms with van der Waals surface area (Å²) >= 11 is 0. The molecule has 0 bridgehead atoms. The topological polar surface area (TPSA) is 21.7 Å². The van der Waals surface area contributed by atoms with Gasteiger partial charge < -0.3 is 4.74 Å². The Balaban J connectivity index is 2.27. The Morgan fingerprint density at radius 1 is 1.36 bits per heavy atom. The monoisotopic (exact) mass is 193 g/mol. The summed E-state index contributed by atoms with van der Waals surface area (Å²) in [6, 6.07) is 0. The van der Waals surface area contributed by atoms with E-state index in [2.05, 4.69) is 12.2 Å². The Labute approximate surface area is 84.2 Å². The van der Waals surface area contributed by atoms with E-state index in [0.29, 0.717) is 0 Å². The van der Waals surface area contributed by atoms with Crippen molar-refractivity contribution in [3.05, 3.63) is 35.3 Å². The summed E-state index contributed by atoms with van der Waals surface area (Å²) in [5, 5.41) is 1.78. The van der Waals surface area contributed by atoms with E-state index in [9.17, 15) is 0 Å². The molecule has 2 aliphatic rings. The highest BCUT2D eigenvalue weighted by atomic mass is 16.7. The number of hydroxylamine groups is 2. The predicted octanol–water partition coefficient (Wildman–Crippen LogP) is 2.00. The van der Waals surface area contributed by atoms with Crippen LogP contribution in [0.25, 0.3) is 0 Å². The van der Waals surface area contributed by atoms with Gasteiger partial charge in [0.2, 0.25) is 5.88 Å². The van der Waals surface area contributed by atoms with Crippen LogP contribution in [0.3, 0.4) is 0 Å². The van der Waals surface area contributed by atoms with Gasteiger partial charge in [-0.15, -0.1) is 0 Å². The van der Waals surface area contributed by atoms with Crippen LogP contribution in [0.1, 0.15) is 12.8 Å². The van der Waals surface area contributed by atoms with Crippen LogP contribution in [0.5, 0.6) is 0 Å². The van der Waals surface area contributed by atoms with Crippen molar-refractivity contribution in [2.75, 3.05) is 20.8 Å². The van der Waals surface area contributed by atoms with Gasteiger partial charge in [-0.1, -0.05) is 12.2 Å². The molecule has 76 valence electrons. The van der Waals surface area contributed by atoms with E-state index < -0.39 is 0 Å². The summed E-state index contributed by atoms with van der Waals surface area (Å²) < 4.78 is 5.24. The van der Waals surface area contributed by atoms with Gasteiger partial charge in [-0.3, -0.25) is 4.84 Å². The standard InChI is InChI=1S/C11H15NO2/c1-13-11-7-9-5-3-4-6-10(9)8-12(11)14-2/h3,5,7H,4,6,8H2,1-2H3. The maximum absolute atomic E-state index is 5.24. The quantitative estimate of drug-likeness (QED) is 0.669. The maximum Gasteiger partial charge on any atom is 0.214 e. The average Bonchev–Trinajstić information content (AvgIpc) is 2.27. The van der Waals surface area contributed by atoms with Crippen molar-refractivity contribution < 1.29 is 9.57 Å². The second-order valence-corrected chi connectivity index (χ2v) is 3.41. The van der Waals surface area contributed by atoms with Gasteiger partial charge in [0, 0.05) is 6.08 Å². The molecule has 0 aromatic heterocycles. The summed E-state index contributed by atoms with van der Waals surface area (Å²) in [6.45, 7) is 0.815. The summed E-state index contributed by atoms with van der Waals surface area (Å²) in [7, 11) is 3.33. The van der Waals surface area contributed by atoms with Crippen molar-refractivity contribution in [3.63, 3.8) is 0 Å². The van der Waals surface area contributed by atoms with Gasteiger partial charge in [-0.25, -0.2) is 5.06 Å². The molecular formula is C11H15NO2. The van der Waals surface area contributed by atoms with Crippen LogP contribution < -0.4 is 0 Å². The predicted molar refractivity (Wildman–Crippen MR) is 54.2 cm³/mol. The first-order chi connectivity index (χ1) is 6.85. The van der Waals surface area contributed by atoms with Gasteiger partial charge in [0.1, 0.15) is 0 Å². The molecule has 1 heterocycles. The molecule has 2 rings (SSSR count). The van der Waals surface area contributed by atoms with E-state index in [1.165, 1.54) is 11.1 Å². The zero-order valence-corrected chi connectivity index (χ0v) is 8.62. The Kier molecular flexibility index (Phi) is 2.59. The maximum atomic E-state index is 5.24. The van der Waals surface area contributed by atoms with Gasteiger partial charge >= 0.3 is 0 Å². The largest absolute Gasteiger partial charge is 0.481 e. The summed E-state index contributed by atoms with van der Waals surface area (Å²) in [5.41, 5.74) is 2.71.